The van der Waals surface area contributed by atoms with Gasteiger partial charge in [0.15, 0.2) is 0 Å². The van der Waals surface area contributed by atoms with Gasteiger partial charge in [-0.1, -0.05) is 0 Å². The monoisotopic (exact) mass is 154 g/mol. The molecule has 0 saturated heterocycles. The van der Waals surface area contributed by atoms with E-state index in [4.69, 9.17) is 5.73 Å². The molecule has 2 nitrogen and oxygen atoms in total. The number of nitrogens with two attached hydrogens (primary N) is 1. The van der Waals surface area contributed by atoms with Crippen LogP contribution in [0.15, 0.2) is 0 Å². The molecule has 0 heterocycles. The quantitative estimate of drug-likeness (QED) is 0.628. The van der Waals surface area contributed by atoms with Crippen molar-refractivity contribution < 1.29 is 0 Å². The third kappa shape index (κ3) is 1.74. The third-order valence-corrected chi connectivity index (χ3v) is 2.97. The second kappa shape index (κ2) is 2.76. The fraction of sp³-hybridized carbons (Fsp3) is 1.00. The summed E-state index contributed by atoms with van der Waals surface area (Å²) in [7, 11) is 0. The molecule has 2 saturated carbocycles. The molecule has 0 radical (unpaired) electrons. The number of fused-ring (bicyclic) bond motifs is 1. The van der Waals surface area contributed by atoms with Gasteiger partial charge in [-0.05, 0) is 38.0 Å². The third-order valence-electron chi connectivity index (χ3n) is 2.97. The Morgan fingerprint density at radius 2 is 2.00 bits per heavy atom. The number of hydrogen-bond donors (Lipinski definition) is 2. The largest absolute Gasteiger partial charge is 0.327 e. The Hall–Kier alpha value is -0.0800. The number of hydrogen-bond acceptors (Lipinski definition) is 2. The molecule has 2 heteroatoms. The van der Waals surface area contributed by atoms with Crippen LogP contribution in [-0.4, -0.2) is 18.6 Å². The fourth-order valence-corrected chi connectivity index (χ4v) is 2.23. The van der Waals surface area contributed by atoms with Crippen molar-refractivity contribution in [3.63, 3.8) is 0 Å². The first kappa shape index (κ1) is 7.56. The van der Waals surface area contributed by atoms with Crippen molar-refractivity contribution >= 4 is 0 Å². The van der Waals surface area contributed by atoms with Gasteiger partial charge in [0.25, 0.3) is 0 Å². The van der Waals surface area contributed by atoms with E-state index >= 15 is 0 Å². The van der Waals surface area contributed by atoms with Gasteiger partial charge in [-0.3, -0.25) is 0 Å². The van der Waals surface area contributed by atoms with Gasteiger partial charge in [-0.2, -0.15) is 0 Å². The van der Waals surface area contributed by atoms with E-state index in [-0.39, 0.29) is 0 Å². The Morgan fingerprint density at radius 1 is 1.36 bits per heavy atom. The summed E-state index contributed by atoms with van der Waals surface area (Å²) in [5.74, 6) is 2.17. The fourth-order valence-electron chi connectivity index (χ4n) is 2.23. The molecule has 0 spiro atoms. The highest BCUT2D eigenvalue weighted by atomic mass is 15.0. The van der Waals surface area contributed by atoms with E-state index in [9.17, 15) is 0 Å². The first-order valence-electron chi connectivity index (χ1n) is 4.74. The van der Waals surface area contributed by atoms with E-state index in [0.29, 0.717) is 6.04 Å². The lowest BCUT2D eigenvalue weighted by molar-refractivity contribution is 0.463. The van der Waals surface area contributed by atoms with Crippen LogP contribution in [0.25, 0.3) is 0 Å². The highest BCUT2D eigenvalue weighted by molar-refractivity contribution is 4.98. The van der Waals surface area contributed by atoms with E-state index < -0.39 is 0 Å². The second-order valence-corrected chi connectivity index (χ2v) is 4.31. The summed E-state index contributed by atoms with van der Waals surface area (Å²) in [6.07, 6.45) is 4.34. The van der Waals surface area contributed by atoms with Gasteiger partial charge < -0.3 is 11.1 Å². The summed E-state index contributed by atoms with van der Waals surface area (Å²) in [6.45, 7) is 3.05. The molecule has 0 aromatic heterocycles. The van der Waals surface area contributed by atoms with Crippen molar-refractivity contribution in [3.05, 3.63) is 0 Å². The van der Waals surface area contributed by atoms with Gasteiger partial charge in [0.05, 0.1) is 0 Å². The number of rotatable bonds is 3. The molecule has 11 heavy (non-hydrogen) atoms. The van der Waals surface area contributed by atoms with Crippen LogP contribution in [0.5, 0.6) is 0 Å². The minimum atomic E-state index is 0.312. The van der Waals surface area contributed by atoms with Gasteiger partial charge in [0.2, 0.25) is 0 Å². The lowest BCUT2D eigenvalue weighted by Crippen LogP contribution is -2.37. The molecule has 2 unspecified atom stereocenters. The van der Waals surface area contributed by atoms with Gasteiger partial charge in [-0.15, -0.1) is 0 Å². The maximum atomic E-state index is 5.65. The number of nitrogens with one attached hydrogen (secondary N) is 1. The van der Waals surface area contributed by atoms with Gasteiger partial charge in [0, 0.05) is 18.6 Å². The van der Waals surface area contributed by atoms with Crippen LogP contribution in [0.3, 0.4) is 0 Å². The Labute approximate surface area is 68.5 Å². The van der Waals surface area contributed by atoms with Crippen LogP contribution in [0.1, 0.15) is 26.2 Å². The summed E-state index contributed by atoms with van der Waals surface area (Å²) in [4.78, 5) is 0. The van der Waals surface area contributed by atoms with Crippen molar-refractivity contribution in [2.24, 2.45) is 17.6 Å². The molecule has 2 rings (SSSR count). The minimum absolute atomic E-state index is 0.312. The lowest BCUT2D eigenvalue weighted by atomic mass is 10.1. The molecule has 0 bridgehead atoms. The molecule has 2 aliphatic carbocycles. The van der Waals surface area contributed by atoms with Crippen molar-refractivity contribution in [1.82, 2.24) is 5.32 Å². The topological polar surface area (TPSA) is 38.0 Å². The molecule has 0 aromatic carbocycles. The van der Waals surface area contributed by atoms with E-state index in [0.717, 1.165) is 24.4 Å². The highest BCUT2D eigenvalue weighted by Gasteiger charge is 2.45. The van der Waals surface area contributed by atoms with Gasteiger partial charge in [0.1, 0.15) is 0 Å². The zero-order valence-corrected chi connectivity index (χ0v) is 7.22. The van der Waals surface area contributed by atoms with Crippen LogP contribution in [0, 0.1) is 11.8 Å². The zero-order valence-electron chi connectivity index (χ0n) is 7.22. The molecule has 0 aromatic rings. The molecule has 0 aliphatic heterocycles. The van der Waals surface area contributed by atoms with Crippen LogP contribution in [0.2, 0.25) is 0 Å². The predicted molar refractivity (Wildman–Crippen MR) is 46.3 cm³/mol. The highest BCUT2D eigenvalue weighted by Crippen LogP contribution is 2.51. The van der Waals surface area contributed by atoms with Crippen LogP contribution < -0.4 is 11.1 Å². The van der Waals surface area contributed by atoms with Crippen LogP contribution >= 0.6 is 0 Å². The second-order valence-electron chi connectivity index (χ2n) is 4.31. The van der Waals surface area contributed by atoms with Gasteiger partial charge in [-0.25, -0.2) is 0 Å². The molecule has 2 fully saturated rings. The summed E-state index contributed by atoms with van der Waals surface area (Å²) in [5, 5.41) is 3.52. The maximum absolute atomic E-state index is 5.65. The first-order valence-corrected chi connectivity index (χ1v) is 4.74. The molecule has 3 atom stereocenters. The van der Waals surface area contributed by atoms with Crippen molar-refractivity contribution in [1.29, 1.82) is 0 Å². The maximum Gasteiger partial charge on any atom is 0.0136 e. The first-order chi connectivity index (χ1) is 5.25. The summed E-state index contributed by atoms with van der Waals surface area (Å²) in [5.41, 5.74) is 5.65. The summed E-state index contributed by atoms with van der Waals surface area (Å²) < 4.78 is 0. The van der Waals surface area contributed by atoms with E-state index in [1.165, 1.54) is 19.3 Å². The van der Waals surface area contributed by atoms with Crippen LogP contribution in [0.4, 0.5) is 0 Å². The average Bonchev–Trinajstić information content (AvgIpc) is 2.56. The van der Waals surface area contributed by atoms with E-state index in [1.54, 1.807) is 0 Å². The molecular formula is C9H18N2. The molecule has 0 amide bonds. The molecule has 3 N–H and O–H groups in total. The Bertz CT molecular complexity index is 134. The van der Waals surface area contributed by atoms with E-state index in [2.05, 4.69) is 12.2 Å². The predicted octanol–water partition coefficient (Wildman–Crippen LogP) is 0.722. The summed E-state index contributed by atoms with van der Waals surface area (Å²) in [6, 6.07) is 1.11. The minimum Gasteiger partial charge on any atom is -0.327 e. The Morgan fingerprint density at radius 3 is 2.55 bits per heavy atom. The van der Waals surface area contributed by atoms with Crippen molar-refractivity contribution in [2.75, 3.05) is 6.54 Å². The lowest BCUT2D eigenvalue weighted by Gasteiger charge is -2.15. The van der Waals surface area contributed by atoms with Crippen molar-refractivity contribution in [3.8, 4) is 0 Å². The SMILES string of the molecule is C[C@H](N)CNC1CC2CC2C1. The van der Waals surface area contributed by atoms with E-state index in [1.807, 2.05) is 0 Å². The van der Waals surface area contributed by atoms with Gasteiger partial charge >= 0.3 is 0 Å². The van der Waals surface area contributed by atoms with Crippen LogP contribution in [-0.2, 0) is 0 Å². The Balaban J connectivity index is 1.64. The van der Waals surface area contributed by atoms with Crippen molar-refractivity contribution in [2.45, 2.75) is 38.3 Å². The standard InChI is InChI=1S/C9H18N2/c1-6(10)5-11-9-3-7-2-8(7)4-9/h6-9,11H,2-5,10H2,1H3/t6-,7?,8?,9?/m0/s1. The molecule has 64 valence electrons. The zero-order chi connectivity index (χ0) is 7.84. The summed E-state index contributed by atoms with van der Waals surface area (Å²) >= 11 is 0. The average molecular weight is 154 g/mol. The molecular weight excluding hydrogens is 136 g/mol. The Kier molecular flexibility index (Phi) is 1.90. The normalized spacial score (nSPS) is 43.6. The smallest absolute Gasteiger partial charge is 0.0136 e. The molecule has 2 aliphatic rings.